The number of benzene rings is 1. The molecule has 2 amide bonds. The standard InChI is InChI=1S/C18H26N2O3/c1-13-7-5-8-14(11-13)16(21)19-12-15-9-6-10-20(15)17(22)23-18(2,3)4/h5,7-8,11,15H,6,9-10,12H2,1-4H3,(H,19,21)/t15-/m1/s1. The molecule has 0 radical (unpaired) electrons. The van der Waals surface area contributed by atoms with Crippen molar-refractivity contribution in [1.29, 1.82) is 0 Å². The van der Waals surface area contributed by atoms with Crippen LogP contribution < -0.4 is 5.32 Å². The smallest absolute Gasteiger partial charge is 0.410 e. The number of nitrogens with one attached hydrogen (secondary N) is 1. The van der Waals surface area contributed by atoms with Crippen LogP contribution >= 0.6 is 0 Å². The molecule has 2 rings (SSSR count). The van der Waals surface area contributed by atoms with Crippen LogP contribution in [0.2, 0.25) is 0 Å². The van der Waals surface area contributed by atoms with Gasteiger partial charge in [-0.15, -0.1) is 0 Å². The fraction of sp³-hybridized carbons (Fsp3) is 0.556. The molecule has 5 nitrogen and oxygen atoms in total. The molecular formula is C18H26N2O3. The molecule has 5 heteroatoms. The molecule has 1 aliphatic heterocycles. The van der Waals surface area contributed by atoms with Gasteiger partial charge in [-0.25, -0.2) is 4.79 Å². The van der Waals surface area contributed by atoms with E-state index < -0.39 is 5.60 Å². The minimum absolute atomic E-state index is 0.00129. The van der Waals surface area contributed by atoms with E-state index in [0.717, 1.165) is 18.4 Å². The van der Waals surface area contributed by atoms with Crippen LogP contribution in [0, 0.1) is 6.92 Å². The fourth-order valence-electron chi connectivity index (χ4n) is 2.71. The summed E-state index contributed by atoms with van der Waals surface area (Å²) in [5, 5.41) is 2.93. The summed E-state index contributed by atoms with van der Waals surface area (Å²) in [6.07, 6.45) is 1.52. The maximum atomic E-state index is 12.2. The van der Waals surface area contributed by atoms with E-state index in [0.29, 0.717) is 18.7 Å². The second-order valence-electron chi connectivity index (χ2n) is 7.05. The predicted molar refractivity (Wildman–Crippen MR) is 89.5 cm³/mol. The largest absolute Gasteiger partial charge is 0.444 e. The first kappa shape index (κ1) is 17.3. The van der Waals surface area contributed by atoms with Gasteiger partial charge in [0.2, 0.25) is 0 Å². The first-order valence-electron chi connectivity index (χ1n) is 8.11. The Kier molecular flexibility index (Phi) is 5.29. The van der Waals surface area contributed by atoms with E-state index in [1.807, 2.05) is 45.9 Å². The maximum Gasteiger partial charge on any atom is 0.410 e. The number of carbonyl (C=O) groups excluding carboxylic acids is 2. The summed E-state index contributed by atoms with van der Waals surface area (Å²) in [7, 11) is 0. The third kappa shape index (κ3) is 4.98. The Hall–Kier alpha value is -2.04. The lowest BCUT2D eigenvalue weighted by molar-refractivity contribution is 0.0225. The van der Waals surface area contributed by atoms with Crippen molar-refractivity contribution in [2.75, 3.05) is 13.1 Å². The number of aryl methyl sites for hydroxylation is 1. The lowest BCUT2D eigenvalue weighted by Gasteiger charge is -2.28. The molecule has 1 saturated heterocycles. The molecule has 1 heterocycles. The Labute approximate surface area is 138 Å². The quantitative estimate of drug-likeness (QED) is 0.931. The second kappa shape index (κ2) is 7.02. The molecule has 0 aliphatic carbocycles. The molecule has 126 valence electrons. The number of carbonyl (C=O) groups is 2. The Morgan fingerprint density at radius 2 is 2.09 bits per heavy atom. The molecule has 0 unspecified atom stereocenters. The number of rotatable bonds is 3. The zero-order chi connectivity index (χ0) is 17.0. The third-order valence-corrected chi connectivity index (χ3v) is 3.78. The monoisotopic (exact) mass is 318 g/mol. The molecule has 0 saturated carbocycles. The molecule has 1 aromatic carbocycles. The van der Waals surface area contributed by atoms with Crippen LogP contribution in [0.4, 0.5) is 4.79 Å². The van der Waals surface area contributed by atoms with Crippen LogP contribution in [0.5, 0.6) is 0 Å². The van der Waals surface area contributed by atoms with Gasteiger partial charge in [-0.2, -0.15) is 0 Å². The van der Waals surface area contributed by atoms with Gasteiger partial charge in [0.1, 0.15) is 5.60 Å². The average Bonchev–Trinajstić information content (AvgIpc) is 2.91. The normalized spacial score (nSPS) is 17.9. The van der Waals surface area contributed by atoms with Gasteiger partial charge in [0.05, 0.1) is 6.04 Å². The Bertz CT molecular complexity index is 578. The van der Waals surface area contributed by atoms with E-state index in [9.17, 15) is 9.59 Å². The van der Waals surface area contributed by atoms with Crippen LogP contribution in [0.15, 0.2) is 24.3 Å². The predicted octanol–water partition coefficient (Wildman–Crippen LogP) is 3.12. The van der Waals surface area contributed by atoms with Crippen molar-refractivity contribution in [2.45, 2.75) is 52.2 Å². The van der Waals surface area contributed by atoms with Crippen LogP contribution in [-0.4, -0.2) is 41.6 Å². The molecular weight excluding hydrogens is 292 g/mol. The molecule has 1 N–H and O–H groups in total. The summed E-state index contributed by atoms with van der Waals surface area (Å²) in [6.45, 7) is 8.66. The number of hydrogen-bond acceptors (Lipinski definition) is 3. The van der Waals surface area contributed by atoms with Gasteiger partial charge in [0.15, 0.2) is 0 Å². The highest BCUT2D eigenvalue weighted by molar-refractivity contribution is 5.94. The summed E-state index contributed by atoms with van der Waals surface area (Å²) < 4.78 is 5.43. The molecule has 1 aliphatic rings. The first-order valence-corrected chi connectivity index (χ1v) is 8.11. The van der Waals surface area contributed by atoms with Crippen molar-refractivity contribution in [1.82, 2.24) is 10.2 Å². The summed E-state index contributed by atoms with van der Waals surface area (Å²) in [5.41, 5.74) is 1.19. The van der Waals surface area contributed by atoms with Crippen LogP contribution in [0.1, 0.15) is 49.5 Å². The van der Waals surface area contributed by atoms with Crippen molar-refractivity contribution in [2.24, 2.45) is 0 Å². The second-order valence-corrected chi connectivity index (χ2v) is 7.05. The highest BCUT2D eigenvalue weighted by Gasteiger charge is 2.32. The van der Waals surface area contributed by atoms with Gasteiger partial charge in [0, 0.05) is 18.7 Å². The Morgan fingerprint density at radius 3 is 2.74 bits per heavy atom. The van der Waals surface area contributed by atoms with Gasteiger partial charge in [-0.05, 0) is 52.7 Å². The van der Waals surface area contributed by atoms with Gasteiger partial charge in [-0.1, -0.05) is 17.7 Å². The Morgan fingerprint density at radius 1 is 1.35 bits per heavy atom. The summed E-state index contributed by atoms with van der Waals surface area (Å²) >= 11 is 0. The number of likely N-dealkylation sites (tertiary alicyclic amines) is 1. The van der Waals surface area contributed by atoms with E-state index in [1.54, 1.807) is 11.0 Å². The van der Waals surface area contributed by atoms with Crippen LogP contribution in [0.3, 0.4) is 0 Å². The number of nitrogens with zero attached hydrogens (tertiary/aromatic N) is 1. The van der Waals surface area contributed by atoms with E-state index in [4.69, 9.17) is 4.74 Å². The molecule has 1 atom stereocenters. The van der Waals surface area contributed by atoms with E-state index in [1.165, 1.54) is 0 Å². The zero-order valence-corrected chi connectivity index (χ0v) is 14.4. The first-order chi connectivity index (χ1) is 10.8. The van der Waals surface area contributed by atoms with Gasteiger partial charge in [-0.3, -0.25) is 4.79 Å². The van der Waals surface area contributed by atoms with E-state index in [-0.39, 0.29) is 18.0 Å². The summed E-state index contributed by atoms with van der Waals surface area (Å²) in [4.78, 5) is 26.2. The number of ether oxygens (including phenoxy) is 1. The maximum absolute atomic E-state index is 12.2. The fourth-order valence-corrected chi connectivity index (χ4v) is 2.71. The minimum Gasteiger partial charge on any atom is -0.444 e. The van der Waals surface area contributed by atoms with Crippen molar-refractivity contribution >= 4 is 12.0 Å². The number of hydrogen-bond donors (Lipinski definition) is 1. The molecule has 0 spiro atoms. The molecule has 0 bridgehead atoms. The highest BCUT2D eigenvalue weighted by Crippen LogP contribution is 2.20. The number of amides is 2. The molecule has 23 heavy (non-hydrogen) atoms. The van der Waals surface area contributed by atoms with Crippen molar-refractivity contribution in [3.8, 4) is 0 Å². The van der Waals surface area contributed by atoms with Crippen LogP contribution in [0.25, 0.3) is 0 Å². The average molecular weight is 318 g/mol. The zero-order valence-electron chi connectivity index (χ0n) is 14.4. The van der Waals surface area contributed by atoms with Crippen molar-refractivity contribution in [3.05, 3.63) is 35.4 Å². The molecule has 1 fully saturated rings. The SMILES string of the molecule is Cc1cccc(C(=O)NC[C@H]2CCCN2C(=O)OC(C)(C)C)c1. The third-order valence-electron chi connectivity index (χ3n) is 3.78. The summed E-state index contributed by atoms with van der Waals surface area (Å²) in [6, 6.07) is 7.47. The molecule has 1 aromatic rings. The lowest BCUT2D eigenvalue weighted by atomic mass is 10.1. The van der Waals surface area contributed by atoms with E-state index in [2.05, 4.69) is 5.32 Å². The minimum atomic E-state index is -0.505. The van der Waals surface area contributed by atoms with Crippen molar-refractivity contribution < 1.29 is 14.3 Å². The van der Waals surface area contributed by atoms with Gasteiger partial charge < -0.3 is 15.0 Å². The van der Waals surface area contributed by atoms with E-state index >= 15 is 0 Å². The summed E-state index contributed by atoms with van der Waals surface area (Å²) in [5.74, 6) is -0.107. The lowest BCUT2D eigenvalue weighted by Crippen LogP contribution is -2.45. The topological polar surface area (TPSA) is 58.6 Å². The Balaban J connectivity index is 1.91. The van der Waals surface area contributed by atoms with Gasteiger partial charge in [0.25, 0.3) is 5.91 Å². The molecule has 0 aromatic heterocycles. The highest BCUT2D eigenvalue weighted by atomic mass is 16.6. The van der Waals surface area contributed by atoms with Crippen LogP contribution in [-0.2, 0) is 4.74 Å². The van der Waals surface area contributed by atoms with Gasteiger partial charge >= 0.3 is 6.09 Å². The van der Waals surface area contributed by atoms with Crippen molar-refractivity contribution in [3.63, 3.8) is 0 Å².